The van der Waals surface area contributed by atoms with E-state index >= 15 is 0 Å². The van der Waals surface area contributed by atoms with E-state index < -0.39 is 5.97 Å². The zero-order valence-electron chi connectivity index (χ0n) is 9.66. The summed E-state index contributed by atoms with van der Waals surface area (Å²) in [5.74, 6) is -1.39. The van der Waals surface area contributed by atoms with E-state index in [0.717, 1.165) is 6.26 Å². The number of carboxylic acids is 1. The molecule has 0 unspecified atom stereocenters. The van der Waals surface area contributed by atoms with Gasteiger partial charge >= 0.3 is 12.0 Å². The lowest BCUT2D eigenvalue weighted by Crippen LogP contribution is -2.35. The second-order valence-electron chi connectivity index (χ2n) is 3.97. The third-order valence-electron chi connectivity index (χ3n) is 2.71. The number of anilines is 3. The average Bonchev–Trinajstić information content (AvgIpc) is 2.87. The molecule has 0 bridgehead atoms. The molecule has 2 aromatic rings. The predicted molar refractivity (Wildman–Crippen MR) is 65.5 cm³/mol. The molecule has 0 saturated heterocycles. The number of carboxylic acid groups (broad SMARTS) is 1. The SMILES string of the molecule is O=C1CN(c2nc(C(=O)O)co2)c2ccccc2N1. The van der Waals surface area contributed by atoms with Crippen LogP contribution in [0.15, 0.2) is 34.9 Å². The van der Waals surface area contributed by atoms with E-state index in [1.165, 1.54) is 4.90 Å². The predicted octanol–water partition coefficient (Wildman–Crippen LogP) is 1.46. The minimum absolute atomic E-state index is 0.0244. The van der Waals surface area contributed by atoms with Gasteiger partial charge in [0, 0.05) is 0 Å². The number of amides is 1. The van der Waals surface area contributed by atoms with E-state index in [4.69, 9.17) is 9.52 Å². The summed E-state index contributed by atoms with van der Waals surface area (Å²) >= 11 is 0. The molecular formula is C12H9N3O4. The van der Waals surface area contributed by atoms with Crippen LogP contribution in [0.2, 0.25) is 0 Å². The van der Waals surface area contributed by atoms with Crippen LogP contribution in [0, 0.1) is 0 Å². The van der Waals surface area contributed by atoms with Crippen molar-refractivity contribution >= 4 is 29.3 Å². The van der Waals surface area contributed by atoms with Gasteiger partial charge in [-0.1, -0.05) is 12.1 Å². The van der Waals surface area contributed by atoms with Gasteiger partial charge in [0.1, 0.15) is 12.8 Å². The number of fused-ring (bicyclic) bond motifs is 1. The first-order valence-electron chi connectivity index (χ1n) is 5.50. The topological polar surface area (TPSA) is 95.7 Å². The second kappa shape index (κ2) is 4.13. The van der Waals surface area contributed by atoms with Gasteiger partial charge in [-0.2, -0.15) is 4.98 Å². The molecule has 7 heteroatoms. The lowest BCUT2D eigenvalue weighted by atomic mass is 10.2. The normalized spacial score (nSPS) is 13.9. The van der Waals surface area contributed by atoms with Gasteiger partial charge in [-0.15, -0.1) is 0 Å². The van der Waals surface area contributed by atoms with E-state index in [9.17, 15) is 9.59 Å². The Bertz CT molecular complexity index is 664. The van der Waals surface area contributed by atoms with E-state index in [2.05, 4.69) is 10.3 Å². The Labute approximate surface area is 107 Å². The molecule has 1 aliphatic heterocycles. The van der Waals surface area contributed by atoms with E-state index in [0.29, 0.717) is 11.4 Å². The van der Waals surface area contributed by atoms with Crippen LogP contribution in [0.4, 0.5) is 17.4 Å². The van der Waals surface area contributed by atoms with Gasteiger partial charge in [0.15, 0.2) is 5.69 Å². The highest BCUT2D eigenvalue weighted by Crippen LogP contribution is 2.34. The van der Waals surface area contributed by atoms with Crippen LogP contribution in [-0.4, -0.2) is 28.5 Å². The summed E-state index contributed by atoms with van der Waals surface area (Å²) in [7, 11) is 0. The number of hydrogen-bond acceptors (Lipinski definition) is 5. The van der Waals surface area contributed by atoms with Crippen LogP contribution in [0.5, 0.6) is 0 Å². The van der Waals surface area contributed by atoms with Crippen LogP contribution in [0.3, 0.4) is 0 Å². The molecule has 96 valence electrons. The summed E-state index contributed by atoms with van der Waals surface area (Å²) < 4.78 is 5.12. The van der Waals surface area contributed by atoms with Crippen molar-refractivity contribution in [2.24, 2.45) is 0 Å². The highest BCUT2D eigenvalue weighted by molar-refractivity contribution is 6.02. The largest absolute Gasteiger partial charge is 0.476 e. The van der Waals surface area contributed by atoms with E-state index in [1.54, 1.807) is 18.2 Å². The lowest BCUT2D eigenvalue weighted by molar-refractivity contribution is -0.115. The van der Waals surface area contributed by atoms with Crippen LogP contribution in [0.25, 0.3) is 0 Å². The highest BCUT2D eigenvalue weighted by Gasteiger charge is 2.26. The fourth-order valence-electron chi connectivity index (χ4n) is 1.89. The average molecular weight is 259 g/mol. The first-order valence-corrected chi connectivity index (χ1v) is 5.50. The Balaban J connectivity index is 2.04. The third-order valence-corrected chi connectivity index (χ3v) is 2.71. The van der Waals surface area contributed by atoms with Crippen LogP contribution in [0.1, 0.15) is 10.5 Å². The molecule has 3 rings (SSSR count). The Morgan fingerprint density at radius 3 is 2.95 bits per heavy atom. The molecule has 2 N–H and O–H groups in total. The van der Waals surface area contributed by atoms with E-state index in [-0.39, 0.29) is 24.2 Å². The second-order valence-corrected chi connectivity index (χ2v) is 3.97. The highest BCUT2D eigenvalue weighted by atomic mass is 16.4. The number of carbonyl (C=O) groups excluding carboxylic acids is 1. The van der Waals surface area contributed by atoms with Crippen molar-refractivity contribution in [2.75, 3.05) is 16.8 Å². The van der Waals surface area contributed by atoms with Crippen molar-refractivity contribution in [3.63, 3.8) is 0 Å². The third kappa shape index (κ3) is 1.90. The van der Waals surface area contributed by atoms with Crippen molar-refractivity contribution in [1.82, 2.24) is 4.98 Å². The number of carbonyl (C=O) groups is 2. The van der Waals surface area contributed by atoms with Gasteiger partial charge in [0.25, 0.3) is 0 Å². The van der Waals surface area contributed by atoms with Crippen LogP contribution < -0.4 is 10.2 Å². The number of nitrogens with one attached hydrogen (secondary N) is 1. The molecule has 0 radical (unpaired) electrons. The van der Waals surface area contributed by atoms with Crippen molar-refractivity contribution in [3.8, 4) is 0 Å². The number of hydrogen-bond donors (Lipinski definition) is 2. The fourth-order valence-corrected chi connectivity index (χ4v) is 1.89. The summed E-state index contributed by atoms with van der Waals surface area (Å²) in [6.07, 6.45) is 1.05. The van der Waals surface area contributed by atoms with Gasteiger partial charge in [0.2, 0.25) is 5.91 Å². The number of para-hydroxylation sites is 2. The number of oxazole rings is 1. The van der Waals surface area contributed by atoms with Crippen molar-refractivity contribution in [2.45, 2.75) is 0 Å². The Morgan fingerprint density at radius 2 is 2.21 bits per heavy atom. The van der Waals surface area contributed by atoms with Gasteiger partial charge in [-0.05, 0) is 12.1 Å². The molecule has 1 aromatic heterocycles. The summed E-state index contributed by atoms with van der Waals surface area (Å²) in [6, 6.07) is 7.23. The Hall–Kier alpha value is -2.83. The molecule has 0 saturated carbocycles. The molecule has 19 heavy (non-hydrogen) atoms. The Kier molecular flexibility index (Phi) is 2.45. The standard InChI is InChI=1S/C12H9N3O4/c16-10-5-15(9-4-2-1-3-7(9)13-10)12-14-8(6-19-12)11(17)18/h1-4,6H,5H2,(H,13,16)(H,17,18). The smallest absolute Gasteiger partial charge is 0.357 e. The maximum atomic E-state index is 11.6. The molecule has 0 aliphatic carbocycles. The van der Waals surface area contributed by atoms with Crippen molar-refractivity contribution < 1.29 is 19.1 Å². The summed E-state index contributed by atoms with van der Waals surface area (Å²) in [5, 5.41) is 11.5. The molecule has 2 heterocycles. The van der Waals surface area contributed by atoms with Gasteiger partial charge in [0.05, 0.1) is 11.4 Å². The maximum absolute atomic E-state index is 11.6. The van der Waals surface area contributed by atoms with Crippen LogP contribution in [-0.2, 0) is 4.79 Å². The monoisotopic (exact) mass is 259 g/mol. The molecule has 1 amide bonds. The molecule has 7 nitrogen and oxygen atoms in total. The summed E-state index contributed by atoms with van der Waals surface area (Å²) in [5.41, 5.74) is 1.15. The quantitative estimate of drug-likeness (QED) is 0.847. The van der Waals surface area contributed by atoms with Gasteiger partial charge in [-0.25, -0.2) is 4.79 Å². The number of benzene rings is 1. The minimum atomic E-state index is -1.18. The molecule has 0 spiro atoms. The van der Waals surface area contributed by atoms with Gasteiger partial charge < -0.3 is 14.8 Å². The van der Waals surface area contributed by atoms with Crippen molar-refractivity contribution in [1.29, 1.82) is 0 Å². The molecule has 0 fully saturated rings. The van der Waals surface area contributed by atoms with Gasteiger partial charge in [-0.3, -0.25) is 9.69 Å². The zero-order chi connectivity index (χ0) is 13.4. The van der Waals surface area contributed by atoms with Crippen molar-refractivity contribution in [3.05, 3.63) is 36.2 Å². The molecular weight excluding hydrogens is 250 g/mol. The molecule has 1 aliphatic rings. The zero-order valence-corrected chi connectivity index (χ0v) is 9.66. The summed E-state index contributed by atoms with van der Waals surface area (Å²) in [6.45, 7) is 0.0244. The number of aromatic nitrogens is 1. The molecule has 1 aromatic carbocycles. The molecule has 0 atom stereocenters. The first kappa shape index (κ1) is 11.3. The number of rotatable bonds is 2. The fraction of sp³-hybridized carbons (Fsp3) is 0.0833. The minimum Gasteiger partial charge on any atom is -0.476 e. The first-order chi connectivity index (χ1) is 9.15. The number of aromatic carboxylic acids is 1. The Morgan fingerprint density at radius 1 is 1.42 bits per heavy atom. The van der Waals surface area contributed by atoms with E-state index in [1.807, 2.05) is 6.07 Å². The lowest BCUT2D eigenvalue weighted by Gasteiger charge is -2.27. The van der Waals surface area contributed by atoms with Crippen LogP contribution >= 0.6 is 0 Å². The summed E-state index contributed by atoms with van der Waals surface area (Å²) in [4.78, 5) is 27.8. The maximum Gasteiger partial charge on any atom is 0.357 e. The number of nitrogens with zero attached hydrogens (tertiary/aromatic N) is 2.